The largest absolute Gasteiger partial charge is 0.370 e. The zero-order valence-corrected chi connectivity index (χ0v) is 7.33. The van der Waals surface area contributed by atoms with Gasteiger partial charge in [-0.1, -0.05) is 18.2 Å². The number of guanidine groups is 1. The average Bonchev–Trinajstić information content (AvgIpc) is 1.97. The van der Waals surface area contributed by atoms with Crippen LogP contribution >= 0.6 is 0 Å². The lowest BCUT2D eigenvalue weighted by molar-refractivity contribution is 1.30. The van der Waals surface area contributed by atoms with Crippen LogP contribution in [-0.2, 0) is 0 Å². The fourth-order valence-electron chi connectivity index (χ4n) is 1.11. The van der Waals surface area contributed by atoms with Gasteiger partial charge in [0.25, 0.3) is 0 Å². The molecular formula is C9H13N3. The summed E-state index contributed by atoms with van der Waals surface area (Å²) < 4.78 is 0. The lowest BCUT2D eigenvalue weighted by atomic mass is 10.1. The topological polar surface area (TPSA) is 64.4 Å². The van der Waals surface area contributed by atoms with Crippen LogP contribution in [0, 0.1) is 13.8 Å². The van der Waals surface area contributed by atoms with E-state index in [1.807, 2.05) is 32.0 Å². The highest BCUT2D eigenvalue weighted by Gasteiger charge is 1.98. The van der Waals surface area contributed by atoms with Gasteiger partial charge >= 0.3 is 0 Å². The van der Waals surface area contributed by atoms with Crippen molar-refractivity contribution in [2.75, 3.05) is 0 Å². The van der Waals surface area contributed by atoms with Crippen LogP contribution in [0.4, 0.5) is 5.69 Å². The molecule has 1 aromatic rings. The molecule has 0 aromatic heterocycles. The molecule has 0 heterocycles. The second-order valence-electron chi connectivity index (χ2n) is 2.78. The van der Waals surface area contributed by atoms with Gasteiger partial charge in [0.15, 0.2) is 5.96 Å². The fraction of sp³-hybridized carbons (Fsp3) is 0.222. The van der Waals surface area contributed by atoms with Crippen molar-refractivity contribution >= 4 is 11.6 Å². The minimum absolute atomic E-state index is 0.104. The molecule has 0 amide bonds. The van der Waals surface area contributed by atoms with Gasteiger partial charge in [-0.25, -0.2) is 4.99 Å². The quantitative estimate of drug-likeness (QED) is 0.482. The van der Waals surface area contributed by atoms with Crippen LogP contribution < -0.4 is 11.5 Å². The first-order chi connectivity index (χ1) is 5.61. The summed E-state index contributed by atoms with van der Waals surface area (Å²) in [4.78, 5) is 4.03. The molecule has 1 rings (SSSR count). The maximum Gasteiger partial charge on any atom is 0.191 e. The first-order valence-corrected chi connectivity index (χ1v) is 3.77. The Bertz CT molecular complexity index is 291. The number of nitrogens with zero attached hydrogens (tertiary/aromatic N) is 1. The second kappa shape index (κ2) is 3.26. The number of nitrogens with two attached hydrogens (primary N) is 2. The van der Waals surface area contributed by atoms with E-state index in [1.165, 1.54) is 0 Å². The summed E-state index contributed by atoms with van der Waals surface area (Å²) in [6, 6.07) is 5.94. The van der Waals surface area contributed by atoms with Gasteiger partial charge in [-0.2, -0.15) is 0 Å². The Balaban J connectivity index is 3.22. The molecule has 0 atom stereocenters. The van der Waals surface area contributed by atoms with Crippen molar-refractivity contribution < 1.29 is 0 Å². The SMILES string of the molecule is Cc1cccc(C)c1N=C(N)N. The van der Waals surface area contributed by atoms with Gasteiger partial charge in [0.05, 0.1) is 5.69 Å². The number of aryl methyl sites for hydroxylation is 2. The molecule has 0 aliphatic heterocycles. The molecule has 0 radical (unpaired) electrons. The first-order valence-electron chi connectivity index (χ1n) is 3.77. The zero-order chi connectivity index (χ0) is 9.14. The van der Waals surface area contributed by atoms with Crippen molar-refractivity contribution in [2.45, 2.75) is 13.8 Å². The van der Waals surface area contributed by atoms with Crippen LogP contribution in [0.25, 0.3) is 0 Å². The Labute approximate surface area is 72.1 Å². The summed E-state index contributed by atoms with van der Waals surface area (Å²) in [6.07, 6.45) is 0. The minimum Gasteiger partial charge on any atom is -0.370 e. The molecule has 0 bridgehead atoms. The van der Waals surface area contributed by atoms with Gasteiger partial charge in [0, 0.05) is 0 Å². The first kappa shape index (κ1) is 8.59. The van der Waals surface area contributed by atoms with E-state index in [2.05, 4.69) is 4.99 Å². The number of hydrogen-bond donors (Lipinski definition) is 2. The van der Waals surface area contributed by atoms with E-state index in [-0.39, 0.29) is 5.96 Å². The van der Waals surface area contributed by atoms with Crippen molar-refractivity contribution in [3.05, 3.63) is 29.3 Å². The Morgan fingerprint density at radius 1 is 1.17 bits per heavy atom. The summed E-state index contributed by atoms with van der Waals surface area (Å²) in [5.41, 5.74) is 13.6. The number of rotatable bonds is 1. The van der Waals surface area contributed by atoms with Crippen LogP contribution in [0.1, 0.15) is 11.1 Å². The predicted molar refractivity (Wildman–Crippen MR) is 51.4 cm³/mol. The molecule has 12 heavy (non-hydrogen) atoms. The summed E-state index contributed by atoms with van der Waals surface area (Å²) in [6.45, 7) is 3.96. The number of aliphatic imine (C=N–C) groups is 1. The van der Waals surface area contributed by atoms with Gasteiger partial charge in [-0.3, -0.25) is 0 Å². The number of hydrogen-bond acceptors (Lipinski definition) is 1. The fourth-order valence-corrected chi connectivity index (χ4v) is 1.11. The van der Waals surface area contributed by atoms with E-state index < -0.39 is 0 Å². The van der Waals surface area contributed by atoms with Crippen molar-refractivity contribution in [3.63, 3.8) is 0 Å². The normalized spacial score (nSPS) is 9.50. The van der Waals surface area contributed by atoms with E-state index in [9.17, 15) is 0 Å². The highest BCUT2D eigenvalue weighted by atomic mass is 15.0. The summed E-state index contributed by atoms with van der Waals surface area (Å²) in [7, 11) is 0. The van der Waals surface area contributed by atoms with Gasteiger partial charge < -0.3 is 11.5 Å². The van der Waals surface area contributed by atoms with E-state index >= 15 is 0 Å². The number of para-hydroxylation sites is 1. The molecule has 4 N–H and O–H groups in total. The van der Waals surface area contributed by atoms with Crippen molar-refractivity contribution in [1.29, 1.82) is 0 Å². The third-order valence-electron chi connectivity index (χ3n) is 1.68. The van der Waals surface area contributed by atoms with E-state index in [0.29, 0.717) is 0 Å². The van der Waals surface area contributed by atoms with Crippen LogP contribution in [0.2, 0.25) is 0 Å². The van der Waals surface area contributed by atoms with E-state index in [0.717, 1.165) is 16.8 Å². The number of benzene rings is 1. The van der Waals surface area contributed by atoms with Gasteiger partial charge in [0.2, 0.25) is 0 Å². The molecule has 0 aliphatic carbocycles. The molecule has 0 saturated heterocycles. The average molecular weight is 163 g/mol. The van der Waals surface area contributed by atoms with Crippen molar-refractivity contribution in [3.8, 4) is 0 Å². The zero-order valence-electron chi connectivity index (χ0n) is 7.33. The maximum atomic E-state index is 5.29. The Kier molecular flexibility index (Phi) is 2.33. The Hall–Kier alpha value is -1.51. The van der Waals surface area contributed by atoms with Crippen LogP contribution in [0.3, 0.4) is 0 Å². The van der Waals surface area contributed by atoms with Crippen LogP contribution in [0.5, 0.6) is 0 Å². The molecule has 3 nitrogen and oxygen atoms in total. The molecule has 0 aliphatic rings. The summed E-state index contributed by atoms with van der Waals surface area (Å²) >= 11 is 0. The summed E-state index contributed by atoms with van der Waals surface area (Å²) in [5, 5.41) is 0. The van der Waals surface area contributed by atoms with Crippen molar-refractivity contribution in [1.82, 2.24) is 0 Å². The van der Waals surface area contributed by atoms with Gasteiger partial charge in [0.1, 0.15) is 0 Å². The van der Waals surface area contributed by atoms with Crippen LogP contribution in [-0.4, -0.2) is 5.96 Å². The lowest BCUT2D eigenvalue weighted by Crippen LogP contribution is -2.22. The van der Waals surface area contributed by atoms with Crippen LogP contribution in [0.15, 0.2) is 23.2 Å². The highest BCUT2D eigenvalue weighted by molar-refractivity contribution is 5.80. The van der Waals surface area contributed by atoms with E-state index in [4.69, 9.17) is 11.5 Å². The standard InChI is InChI=1S/C9H13N3/c1-6-4-3-5-7(2)8(6)12-9(10)11/h3-5H,1-2H3,(H4,10,11,12). The highest BCUT2D eigenvalue weighted by Crippen LogP contribution is 2.22. The Morgan fingerprint density at radius 2 is 1.67 bits per heavy atom. The molecule has 1 aromatic carbocycles. The molecule has 0 saturated carbocycles. The van der Waals surface area contributed by atoms with Crippen molar-refractivity contribution in [2.24, 2.45) is 16.5 Å². The molecule has 0 spiro atoms. The third kappa shape index (κ3) is 1.75. The smallest absolute Gasteiger partial charge is 0.191 e. The summed E-state index contributed by atoms with van der Waals surface area (Å²) in [5.74, 6) is 0.104. The maximum absolute atomic E-state index is 5.29. The van der Waals surface area contributed by atoms with E-state index in [1.54, 1.807) is 0 Å². The molecule has 64 valence electrons. The minimum atomic E-state index is 0.104. The second-order valence-corrected chi connectivity index (χ2v) is 2.78. The lowest BCUT2D eigenvalue weighted by Gasteiger charge is -2.03. The molecular weight excluding hydrogens is 150 g/mol. The third-order valence-corrected chi connectivity index (χ3v) is 1.68. The molecule has 3 heteroatoms. The monoisotopic (exact) mass is 163 g/mol. The Morgan fingerprint density at radius 3 is 2.08 bits per heavy atom. The molecule has 0 fully saturated rings. The predicted octanol–water partition coefficient (Wildman–Crippen LogP) is 1.21. The molecule has 0 unspecified atom stereocenters. The van der Waals surface area contributed by atoms with Gasteiger partial charge in [-0.15, -0.1) is 0 Å². The van der Waals surface area contributed by atoms with Gasteiger partial charge in [-0.05, 0) is 25.0 Å².